The van der Waals surface area contributed by atoms with Crippen molar-refractivity contribution in [2.75, 3.05) is 44.7 Å². The number of guanidine groups is 1. The Kier molecular flexibility index (Phi) is 8.72. The van der Waals surface area contributed by atoms with E-state index in [1.807, 2.05) is 17.0 Å². The maximum absolute atomic E-state index is 14.1. The molecule has 0 radical (unpaired) electrons. The van der Waals surface area contributed by atoms with Crippen LogP contribution in [0.3, 0.4) is 0 Å². The van der Waals surface area contributed by atoms with Crippen LogP contribution in [-0.2, 0) is 17.9 Å². The van der Waals surface area contributed by atoms with Crippen LogP contribution in [0.2, 0.25) is 0 Å². The fourth-order valence-corrected chi connectivity index (χ4v) is 4.23. The average Bonchev–Trinajstić information content (AvgIpc) is 3.20. The smallest absolute Gasteiger partial charge is 0.222 e. The summed E-state index contributed by atoms with van der Waals surface area (Å²) in [5.74, 6) is 0.945. The number of benzene rings is 2. The van der Waals surface area contributed by atoms with Gasteiger partial charge in [-0.3, -0.25) is 9.79 Å². The molecule has 0 aromatic heterocycles. The molecule has 2 aliphatic rings. The number of halogens is 2. The van der Waals surface area contributed by atoms with Gasteiger partial charge in [-0.2, -0.15) is 0 Å². The highest BCUT2D eigenvalue weighted by Gasteiger charge is 2.22. The second kappa shape index (κ2) is 11.5. The minimum Gasteiger partial charge on any atom is -0.366 e. The number of hydrogen-bond donors (Lipinski definition) is 1. The molecular formula is C24H31FIN5O. The normalized spacial score (nSPS) is 16.9. The van der Waals surface area contributed by atoms with Crippen molar-refractivity contribution in [3.8, 4) is 0 Å². The lowest BCUT2D eigenvalue weighted by molar-refractivity contribution is -0.128. The Morgan fingerprint density at radius 3 is 2.31 bits per heavy atom. The van der Waals surface area contributed by atoms with Crippen molar-refractivity contribution in [3.05, 3.63) is 65.5 Å². The van der Waals surface area contributed by atoms with Crippen molar-refractivity contribution < 1.29 is 9.18 Å². The molecule has 0 atom stereocenters. The maximum Gasteiger partial charge on any atom is 0.222 e. The Labute approximate surface area is 206 Å². The first-order chi connectivity index (χ1) is 15.1. The highest BCUT2D eigenvalue weighted by atomic mass is 127. The SMILES string of the molecule is CN=C(NCc1ccc(CN2CCCC2=O)cc1)N1CCN(c2ccccc2F)CC1.I. The van der Waals surface area contributed by atoms with Crippen LogP contribution in [0.15, 0.2) is 53.5 Å². The third-order valence-corrected chi connectivity index (χ3v) is 6.00. The number of nitrogens with one attached hydrogen (secondary N) is 1. The van der Waals surface area contributed by atoms with Crippen molar-refractivity contribution in [1.82, 2.24) is 15.1 Å². The van der Waals surface area contributed by atoms with Crippen molar-refractivity contribution in [1.29, 1.82) is 0 Å². The van der Waals surface area contributed by atoms with Crippen molar-refractivity contribution in [2.24, 2.45) is 4.99 Å². The van der Waals surface area contributed by atoms with Crippen LogP contribution < -0.4 is 10.2 Å². The highest BCUT2D eigenvalue weighted by Crippen LogP contribution is 2.20. The summed E-state index contributed by atoms with van der Waals surface area (Å²) in [6, 6.07) is 15.3. The number of carbonyl (C=O) groups is 1. The monoisotopic (exact) mass is 551 g/mol. The fourth-order valence-electron chi connectivity index (χ4n) is 4.23. The van der Waals surface area contributed by atoms with Gasteiger partial charge in [-0.15, -0.1) is 24.0 Å². The summed E-state index contributed by atoms with van der Waals surface area (Å²) >= 11 is 0. The molecule has 172 valence electrons. The number of likely N-dealkylation sites (tertiary alicyclic amines) is 1. The molecule has 0 saturated carbocycles. The largest absolute Gasteiger partial charge is 0.366 e. The van der Waals surface area contributed by atoms with Crippen LogP contribution in [0.4, 0.5) is 10.1 Å². The zero-order chi connectivity index (χ0) is 21.6. The van der Waals surface area contributed by atoms with Gasteiger partial charge >= 0.3 is 0 Å². The van der Waals surface area contributed by atoms with E-state index in [9.17, 15) is 9.18 Å². The van der Waals surface area contributed by atoms with Gasteiger partial charge in [-0.05, 0) is 29.7 Å². The zero-order valence-electron chi connectivity index (χ0n) is 18.5. The molecule has 0 bridgehead atoms. The molecule has 8 heteroatoms. The zero-order valence-corrected chi connectivity index (χ0v) is 20.8. The summed E-state index contributed by atoms with van der Waals surface area (Å²) in [4.78, 5) is 22.5. The quantitative estimate of drug-likeness (QED) is 0.352. The third kappa shape index (κ3) is 5.90. The van der Waals surface area contributed by atoms with E-state index in [1.165, 1.54) is 11.6 Å². The van der Waals surface area contributed by atoms with Crippen LogP contribution in [-0.4, -0.2) is 61.4 Å². The molecule has 32 heavy (non-hydrogen) atoms. The summed E-state index contributed by atoms with van der Waals surface area (Å²) in [5, 5.41) is 3.44. The Bertz CT molecular complexity index is 928. The number of piperazine rings is 1. The number of hydrogen-bond acceptors (Lipinski definition) is 3. The first-order valence-electron chi connectivity index (χ1n) is 10.9. The van der Waals surface area contributed by atoms with Gasteiger partial charge in [-0.25, -0.2) is 4.39 Å². The lowest BCUT2D eigenvalue weighted by atomic mass is 10.1. The minimum atomic E-state index is -0.170. The van der Waals surface area contributed by atoms with E-state index in [2.05, 4.69) is 44.4 Å². The van der Waals surface area contributed by atoms with Crippen LogP contribution in [0.25, 0.3) is 0 Å². The molecule has 2 saturated heterocycles. The van der Waals surface area contributed by atoms with Gasteiger partial charge in [0.05, 0.1) is 5.69 Å². The van der Waals surface area contributed by atoms with E-state index in [0.717, 1.165) is 50.7 Å². The van der Waals surface area contributed by atoms with E-state index >= 15 is 0 Å². The number of carbonyl (C=O) groups excluding carboxylic acids is 1. The van der Waals surface area contributed by atoms with E-state index in [-0.39, 0.29) is 35.7 Å². The number of nitrogens with zero attached hydrogens (tertiary/aromatic N) is 4. The average molecular weight is 551 g/mol. The minimum absolute atomic E-state index is 0. The van der Waals surface area contributed by atoms with Gasteiger partial charge in [0.1, 0.15) is 5.82 Å². The standard InChI is InChI=1S/C24H30FN5O.HI/c1-26-24(29-15-13-28(14-16-29)22-6-3-2-5-21(22)25)27-17-19-8-10-20(11-9-19)18-30-12-4-7-23(30)31;/h2-3,5-6,8-11H,4,7,12-18H2,1H3,(H,26,27);1H. The Morgan fingerprint density at radius 2 is 1.69 bits per heavy atom. The van der Waals surface area contributed by atoms with Crippen molar-refractivity contribution in [2.45, 2.75) is 25.9 Å². The van der Waals surface area contributed by atoms with Crippen LogP contribution in [0.5, 0.6) is 0 Å². The molecule has 4 rings (SSSR count). The number of para-hydroxylation sites is 1. The summed E-state index contributed by atoms with van der Waals surface area (Å²) in [7, 11) is 1.79. The lowest BCUT2D eigenvalue weighted by Crippen LogP contribution is -2.52. The van der Waals surface area contributed by atoms with Gasteiger partial charge in [-0.1, -0.05) is 36.4 Å². The predicted molar refractivity (Wildman–Crippen MR) is 137 cm³/mol. The number of rotatable bonds is 5. The topological polar surface area (TPSA) is 51.2 Å². The molecule has 6 nitrogen and oxygen atoms in total. The second-order valence-electron chi connectivity index (χ2n) is 8.06. The molecule has 2 heterocycles. The van der Waals surface area contributed by atoms with Crippen molar-refractivity contribution >= 4 is 41.5 Å². The molecule has 0 unspecified atom stereocenters. The van der Waals surface area contributed by atoms with E-state index in [0.29, 0.717) is 25.2 Å². The number of amides is 1. The van der Waals surface area contributed by atoms with Crippen molar-refractivity contribution in [3.63, 3.8) is 0 Å². The number of aliphatic imine (C=N–C) groups is 1. The molecule has 1 N–H and O–H groups in total. The Balaban J connectivity index is 0.00000289. The van der Waals surface area contributed by atoms with Crippen LogP contribution in [0.1, 0.15) is 24.0 Å². The molecule has 2 aliphatic heterocycles. The molecule has 0 spiro atoms. The van der Waals surface area contributed by atoms with Gasteiger partial charge in [0.2, 0.25) is 5.91 Å². The molecule has 0 aliphatic carbocycles. The number of anilines is 1. The summed E-state index contributed by atoms with van der Waals surface area (Å²) in [6.45, 7) is 5.33. The first-order valence-corrected chi connectivity index (χ1v) is 10.9. The molecule has 2 aromatic carbocycles. The van der Waals surface area contributed by atoms with Gasteiger partial charge in [0, 0.05) is 59.3 Å². The fraction of sp³-hybridized carbons (Fsp3) is 0.417. The van der Waals surface area contributed by atoms with Gasteiger partial charge in [0.15, 0.2) is 5.96 Å². The summed E-state index contributed by atoms with van der Waals surface area (Å²) in [6.07, 6.45) is 1.64. The summed E-state index contributed by atoms with van der Waals surface area (Å²) < 4.78 is 14.1. The Hall–Kier alpha value is -2.36. The van der Waals surface area contributed by atoms with Gasteiger partial charge in [0.25, 0.3) is 0 Å². The summed E-state index contributed by atoms with van der Waals surface area (Å²) in [5.41, 5.74) is 3.00. The van der Waals surface area contributed by atoms with Crippen LogP contribution >= 0.6 is 24.0 Å². The first kappa shape index (κ1) is 24.3. The Morgan fingerprint density at radius 1 is 1.00 bits per heavy atom. The molecule has 2 aromatic rings. The van der Waals surface area contributed by atoms with E-state index in [4.69, 9.17) is 0 Å². The second-order valence-corrected chi connectivity index (χ2v) is 8.06. The molecular weight excluding hydrogens is 520 g/mol. The predicted octanol–water partition coefficient (Wildman–Crippen LogP) is 3.46. The van der Waals surface area contributed by atoms with E-state index in [1.54, 1.807) is 13.1 Å². The highest BCUT2D eigenvalue weighted by molar-refractivity contribution is 14.0. The third-order valence-electron chi connectivity index (χ3n) is 6.00. The maximum atomic E-state index is 14.1. The van der Waals surface area contributed by atoms with E-state index < -0.39 is 0 Å². The lowest BCUT2D eigenvalue weighted by Gasteiger charge is -2.37. The molecule has 1 amide bonds. The van der Waals surface area contributed by atoms with Crippen LogP contribution in [0, 0.1) is 5.82 Å². The van der Waals surface area contributed by atoms with Gasteiger partial charge < -0.3 is 20.0 Å². The molecule has 2 fully saturated rings.